The molecule has 1 aromatic rings. The summed E-state index contributed by atoms with van der Waals surface area (Å²) in [6.07, 6.45) is 9.34. The van der Waals surface area contributed by atoms with Crippen LogP contribution in [0.1, 0.15) is 111 Å². The summed E-state index contributed by atoms with van der Waals surface area (Å²) in [5, 5.41) is 3.32. The topological polar surface area (TPSA) is 105 Å². The van der Waals surface area contributed by atoms with Crippen molar-refractivity contribution >= 4 is 37.6 Å². The van der Waals surface area contributed by atoms with Gasteiger partial charge in [-0.15, -0.1) is 11.3 Å². The van der Waals surface area contributed by atoms with Gasteiger partial charge in [-0.3, -0.25) is 0 Å². The lowest BCUT2D eigenvalue weighted by molar-refractivity contribution is 0.102. The van der Waals surface area contributed by atoms with Crippen LogP contribution < -0.4 is 5.32 Å². The fourth-order valence-corrected chi connectivity index (χ4v) is 11.8. The van der Waals surface area contributed by atoms with Crippen LogP contribution in [0.4, 0.5) is 0 Å². The molecule has 1 N–H and O–H groups in total. The van der Waals surface area contributed by atoms with E-state index >= 15 is 0 Å². The molecular weight excluding hydrogens is 591 g/mol. The molecule has 0 fully saturated rings. The summed E-state index contributed by atoms with van der Waals surface area (Å²) in [5.74, 6) is 3.18. The SMILES string of the molecule is CCN[C@H]1CN(CCCOC)S(=O)(=O)c2sc(S(=O)(=O)N=CCCC(CC)C(CC)C(CC)C(CC)C(C)CC)cc21. The molecule has 2 rings (SSSR count). The minimum absolute atomic E-state index is 0.0159. The van der Waals surface area contributed by atoms with E-state index in [4.69, 9.17) is 4.74 Å². The second-order valence-electron chi connectivity index (χ2n) is 11.7. The standard InChI is InChI=1S/C31H57N3O5S3/c1-9-23(7)25(11-3)27(13-5)26(12-4)24(10-2)17-15-18-33-41(35,36)30-21-28-29(32-14-6)22-34(19-16-20-39-8)42(37,38)31(28)40-30/h18,21,23-27,29,32H,9-17,19-20,22H2,1-8H3/t23?,24?,25?,26?,27?,29-/m0/s1. The van der Waals surface area contributed by atoms with Gasteiger partial charge in [-0.05, 0) is 61.5 Å². The first-order chi connectivity index (χ1) is 20.0. The summed E-state index contributed by atoms with van der Waals surface area (Å²) in [4.78, 5) is 0. The van der Waals surface area contributed by atoms with Crippen molar-refractivity contribution in [1.29, 1.82) is 0 Å². The molecule has 5 unspecified atom stereocenters. The van der Waals surface area contributed by atoms with Gasteiger partial charge in [-0.1, -0.05) is 80.6 Å². The van der Waals surface area contributed by atoms with Crippen LogP contribution in [0.15, 0.2) is 18.9 Å². The second-order valence-corrected chi connectivity index (χ2v) is 16.8. The molecule has 0 aliphatic carbocycles. The Bertz CT molecular complexity index is 1180. The number of methoxy groups -OCH3 is 1. The highest BCUT2D eigenvalue weighted by atomic mass is 32.3. The predicted octanol–water partition coefficient (Wildman–Crippen LogP) is 7.13. The van der Waals surface area contributed by atoms with E-state index in [9.17, 15) is 16.8 Å². The van der Waals surface area contributed by atoms with Crippen LogP contribution in [0.3, 0.4) is 0 Å². The third kappa shape index (κ3) is 9.10. The molecule has 2 heterocycles. The summed E-state index contributed by atoms with van der Waals surface area (Å²) in [6, 6.07) is 1.24. The predicted molar refractivity (Wildman–Crippen MR) is 175 cm³/mol. The molecule has 1 aromatic heterocycles. The molecule has 1 aliphatic heterocycles. The third-order valence-electron chi connectivity index (χ3n) is 9.40. The summed E-state index contributed by atoms with van der Waals surface area (Å²) < 4.78 is 64.0. The first-order valence-corrected chi connectivity index (χ1v) is 19.8. The fourth-order valence-electron chi connectivity index (χ4n) is 7.02. The highest BCUT2D eigenvalue weighted by Crippen LogP contribution is 2.42. The highest BCUT2D eigenvalue weighted by Gasteiger charge is 2.40. The van der Waals surface area contributed by atoms with E-state index < -0.39 is 20.0 Å². The Balaban J connectivity index is 2.23. The van der Waals surface area contributed by atoms with Crippen molar-refractivity contribution in [2.75, 3.05) is 33.4 Å². The van der Waals surface area contributed by atoms with Crippen molar-refractivity contribution in [1.82, 2.24) is 9.62 Å². The van der Waals surface area contributed by atoms with Crippen LogP contribution in [0.25, 0.3) is 0 Å². The number of fused-ring (bicyclic) bond motifs is 1. The number of rotatable bonds is 20. The maximum atomic E-state index is 13.4. The monoisotopic (exact) mass is 647 g/mol. The van der Waals surface area contributed by atoms with Gasteiger partial charge in [-0.2, -0.15) is 17.1 Å². The van der Waals surface area contributed by atoms with Crippen molar-refractivity contribution < 1.29 is 21.6 Å². The summed E-state index contributed by atoms with van der Waals surface area (Å²) in [7, 11) is -6.22. The Morgan fingerprint density at radius 2 is 1.74 bits per heavy atom. The van der Waals surface area contributed by atoms with E-state index in [0.29, 0.717) is 67.7 Å². The van der Waals surface area contributed by atoms with Gasteiger partial charge in [0.1, 0.15) is 8.42 Å². The molecule has 0 spiro atoms. The molecule has 6 atom stereocenters. The van der Waals surface area contributed by atoms with Crippen LogP contribution in [-0.4, -0.2) is 60.7 Å². The van der Waals surface area contributed by atoms with Crippen molar-refractivity contribution in [3.05, 3.63) is 11.6 Å². The summed E-state index contributed by atoms with van der Waals surface area (Å²) >= 11 is 0.814. The van der Waals surface area contributed by atoms with Crippen molar-refractivity contribution in [3.8, 4) is 0 Å². The Morgan fingerprint density at radius 3 is 2.29 bits per heavy atom. The summed E-state index contributed by atoms with van der Waals surface area (Å²) in [6.45, 7) is 17.5. The average molecular weight is 648 g/mol. The smallest absolute Gasteiger partial charge is 0.291 e. The second kappa shape index (κ2) is 17.6. The van der Waals surface area contributed by atoms with Crippen molar-refractivity contribution in [2.24, 2.45) is 34.0 Å². The van der Waals surface area contributed by atoms with Crippen LogP contribution in [0, 0.1) is 29.6 Å². The molecule has 0 aromatic carbocycles. The normalized spacial score (nSPS) is 21.2. The van der Waals surface area contributed by atoms with E-state index in [1.807, 2.05) is 6.92 Å². The van der Waals surface area contributed by atoms with Crippen LogP contribution in [0.2, 0.25) is 0 Å². The van der Waals surface area contributed by atoms with E-state index in [1.54, 1.807) is 7.11 Å². The molecule has 0 bridgehead atoms. The molecule has 0 radical (unpaired) electrons. The molecule has 0 amide bonds. The summed E-state index contributed by atoms with van der Waals surface area (Å²) in [5.41, 5.74) is 0.521. The van der Waals surface area contributed by atoms with Gasteiger partial charge in [0.25, 0.3) is 20.0 Å². The maximum Gasteiger partial charge on any atom is 0.291 e. The van der Waals surface area contributed by atoms with E-state index in [-0.39, 0.29) is 21.0 Å². The number of hydrogen-bond donors (Lipinski definition) is 1. The molecule has 8 nitrogen and oxygen atoms in total. The van der Waals surface area contributed by atoms with Crippen LogP contribution in [0.5, 0.6) is 0 Å². The lowest BCUT2D eigenvalue weighted by Gasteiger charge is -2.39. The number of thiophene rings is 1. The van der Waals surface area contributed by atoms with Gasteiger partial charge in [0, 0.05) is 44.6 Å². The number of sulfonamides is 2. The van der Waals surface area contributed by atoms with E-state index in [2.05, 4.69) is 51.3 Å². The Morgan fingerprint density at radius 1 is 1.07 bits per heavy atom. The number of likely N-dealkylation sites (N-methyl/N-ethyl adjacent to an activating group) is 1. The zero-order valence-electron chi connectivity index (χ0n) is 27.3. The number of nitrogens with zero attached hydrogens (tertiary/aromatic N) is 2. The lowest BCUT2D eigenvalue weighted by atomic mass is 9.66. The van der Waals surface area contributed by atoms with Crippen molar-refractivity contribution in [2.45, 2.75) is 114 Å². The van der Waals surface area contributed by atoms with Gasteiger partial charge < -0.3 is 10.1 Å². The molecule has 244 valence electrons. The first-order valence-electron chi connectivity index (χ1n) is 16.1. The van der Waals surface area contributed by atoms with Crippen LogP contribution >= 0.6 is 11.3 Å². The maximum absolute atomic E-state index is 13.4. The zero-order chi connectivity index (χ0) is 31.5. The average Bonchev–Trinajstić information content (AvgIpc) is 3.44. The molecule has 0 saturated carbocycles. The van der Waals surface area contributed by atoms with Crippen molar-refractivity contribution in [3.63, 3.8) is 0 Å². The van der Waals surface area contributed by atoms with E-state index in [1.165, 1.54) is 35.8 Å². The quantitative estimate of drug-likeness (QED) is 0.119. The van der Waals surface area contributed by atoms with Gasteiger partial charge in [0.2, 0.25) is 0 Å². The van der Waals surface area contributed by atoms with Gasteiger partial charge in [0.15, 0.2) is 0 Å². The first kappa shape index (κ1) is 37.3. The molecule has 0 saturated heterocycles. The third-order valence-corrected chi connectivity index (χ3v) is 14.7. The molecule has 1 aliphatic rings. The minimum atomic E-state index is -4.01. The van der Waals surface area contributed by atoms with Crippen LogP contribution in [-0.2, 0) is 24.8 Å². The number of ether oxygens (including phenoxy) is 1. The zero-order valence-corrected chi connectivity index (χ0v) is 29.7. The lowest BCUT2D eigenvalue weighted by Crippen LogP contribution is -2.43. The Hall–Kier alpha value is -0.850. The Kier molecular flexibility index (Phi) is 15.6. The molecular formula is C31H57N3O5S3. The van der Waals surface area contributed by atoms with Gasteiger partial charge in [-0.25, -0.2) is 8.42 Å². The largest absolute Gasteiger partial charge is 0.385 e. The van der Waals surface area contributed by atoms with E-state index in [0.717, 1.165) is 30.6 Å². The van der Waals surface area contributed by atoms with Gasteiger partial charge in [0.05, 0.1) is 0 Å². The highest BCUT2D eigenvalue weighted by molar-refractivity contribution is 7.94. The van der Waals surface area contributed by atoms with Gasteiger partial charge >= 0.3 is 0 Å². The number of nitrogens with one attached hydrogen (secondary N) is 1. The fraction of sp³-hybridized carbons (Fsp3) is 0.839. The minimum Gasteiger partial charge on any atom is -0.385 e. The Labute approximate surface area is 261 Å². The number of hydrogen-bond acceptors (Lipinski definition) is 7. The molecule has 42 heavy (non-hydrogen) atoms. The molecule has 11 heteroatoms.